The number of rotatable bonds is 6. The lowest BCUT2D eigenvalue weighted by Crippen LogP contribution is -2.43. The van der Waals surface area contributed by atoms with E-state index in [4.69, 9.17) is 15.2 Å². The highest BCUT2D eigenvalue weighted by Gasteiger charge is 2.24. The van der Waals surface area contributed by atoms with Crippen molar-refractivity contribution in [1.29, 1.82) is 0 Å². The van der Waals surface area contributed by atoms with Crippen LogP contribution in [0.15, 0.2) is 18.2 Å². The number of benzene rings is 1. The fourth-order valence-corrected chi connectivity index (χ4v) is 1.46. The highest BCUT2D eigenvalue weighted by Crippen LogP contribution is 2.28. The van der Waals surface area contributed by atoms with Gasteiger partial charge in [0.15, 0.2) is 5.75 Å². The highest BCUT2D eigenvalue weighted by atomic mass is 16.5. The third kappa shape index (κ3) is 3.87. The number of carbonyl (C=O) groups is 1. The predicted octanol–water partition coefficient (Wildman–Crippen LogP) is 2.16. The van der Waals surface area contributed by atoms with Crippen LogP contribution in [0.2, 0.25) is 0 Å². The zero-order chi connectivity index (χ0) is 15.3. The first-order chi connectivity index (χ1) is 9.29. The molecule has 0 heterocycles. The second-order valence-corrected chi connectivity index (χ2v) is 5.44. The van der Waals surface area contributed by atoms with Crippen molar-refractivity contribution >= 4 is 11.7 Å². The van der Waals surface area contributed by atoms with Gasteiger partial charge in [-0.25, -0.2) is 4.79 Å². The van der Waals surface area contributed by atoms with Gasteiger partial charge >= 0.3 is 5.97 Å². The number of hydrogen-bond donors (Lipinski definition) is 1. The quantitative estimate of drug-likeness (QED) is 0.639. The Kier molecular flexibility index (Phi) is 5.39. The summed E-state index contributed by atoms with van der Waals surface area (Å²) in [5.41, 5.74) is 6.54. The molecule has 1 rings (SSSR count). The van der Waals surface area contributed by atoms with Crippen LogP contribution in [0.25, 0.3) is 0 Å². The number of carbonyl (C=O) groups excluding carboxylic acids is 1. The molecular formula is C15H24N2O3. The maximum Gasteiger partial charge on any atom is 0.341 e. The minimum atomic E-state index is -0.419. The van der Waals surface area contributed by atoms with Gasteiger partial charge in [-0.15, -0.1) is 0 Å². The summed E-state index contributed by atoms with van der Waals surface area (Å²) >= 11 is 0. The van der Waals surface area contributed by atoms with Crippen molar-refractivity contribution in [2.45, 2.75) is 26.3 Å². The number of nitrogen functional groups attached to an aromatic ring is 1. The van der Waals surface area contributed by atoms with Gasteiger partial charge in [-0.3, -0.25) is 0 Å². The Morgan fingerprint density at radius 1 is 1.35 bits per heavy atom. The van der Waals surface area contributed by atoms with E-state index in [1.807, 2.05) is 14.1 Å². The monoisotopic (exact) mass is 280 g/mol. The number of likely N-dealkylation sites (N-methyl/N-ethyl adjacent to an activating group) is 1. The highest BCUT2D eigenvalue weighted by molar-refractivity contribution is 5.94. The van der Waals surface area contributed by atoms with E-state index in [-0.39, 0.29) is 5.54 Å². The lowest BCUT2D eigenvalue weighted by atomic mass is 10.1. The SMILES string of the molecule is CCOC(=O)c1cccc(N)c1OCC(C)(C)N(C)C. The largest absolute Gasteiger partial charge is 0.489 e. The summed E-state index contributed by atoms with van der Waals surface area (Å²) in [4.78, 5) is 14.0. The fraction of sp³-hybridized carbons (Fsp3) is 0.533. The van der Waals surface area contributed by atoms with Crippen LogP contribution in [0.1, 0.15) is 31.1 Å². The van der Waals surface area contributed by atoms with Crippen molar-refractivity contribution in [2.24, 2.45) is 0 Å². The summed E-state index contributed by atoms with van der Waals surface area (Å²) in [7, 11) is 3.95. The third-order valence-corrected chi connectivity index (χ3v) is 3.32. The van der Waals surface area contributed by atoms with Crippen molar-refractivity contribution in [3.63, 3.8) is 0 Å². The van der Waals surface area contributed by atoms with E-state index in [1.165, 1.54) is 0 Å². The summed E-state index contributed by atoms with van der Waals surface area (Å²) < 4.78 is 10.8. The molecule has 0 aliphatic carbocycles. The van der Waals surface area contributed by atoms with Crippen LogP contribution < -0.4 is 10.5 Å². The van der Waals surface area contributed by atoms with E-state index in [0.717, 1.165) is 0 Å². The predicted molar refractivity (Wildman–Crippen MR) is 80.1 cm³/mol. The van der Waals surface area contributed by atoms with Crippen molar-refractivity contribution in [3.05, 3.63) is 23.8 Å². The van der Waals surface area contributed by atoms with Crippen LogP contribution in [0.4, 0.5) is 5.69 Å². The number of para-hydroxylation sites is 1. The van der Waals surface area contributed by atoms with Crippen LogP contribution in [0.5, 0.6) is 5.75 Å². The number of anilines is 1. The third-order valence-electron chi connectivity index (χ3n) is 3.32. The molecule has 0 radical (unpaired) electrons. The van der Waals surface area contributed by atoms with Crippen LogP contribution in [-0.2, 0) is 4.74 Å². The first kappa shape index (κ1) is 16.3. The van der Waals surface area contributed by atoms with Crippen molar-refractivity contribution < 1.29 is 14.3 Å². The zero-order valence-electron chi connectivity index (χ0n) is 12.9. The van der Waals surface area contributed by atoms with Gasteiger partial charge in [0.1, 0.15) is 12.2 Å². The standard InChI is InChI=1S/C15H24N2O3/c1-6-19-14(18)11-8-7-9-12(16)13(11)20-10-15(2,3)17(4)5/h7-9H,6,10,16H2,1-5H3. The van der Waals surface area contributed by atoms with Crippen LogP contribution in [-0.4, -0.2) is 43.7 Å². The summed E-state index contributed by atoms with van der Waals surface area (Å²) in [5, 5.41) is 0. The lowest BCUT2D eigenvalue weighted by Gasteiger charge is -2.32. The van der Waals surface area contributed by atoms with Crippen molar-refractivity contribution in [1.82, 2.24) is 4.90 Å². The van der Waals surface area contributed by atoms with Crippen LogP contribution in [0, 0.1) is 0 Å². The second kappa shape index (κ2) is 6.61. The Morgan fingerprint density at radius 2 is 2.00 bits per heavy atom. The van der Waals surface area contributed by atoms with Crippen molar-refractivity contribution in [3.8, 4) is 5.75 Å². The fourth-order valence-electron chi connectivity index (χ4n) is 1.46. The molecule has 0 fully saturated rings. The molecule has 0 saturated carbocycles. The number of esters is 1. The van der Waals surface area contributed by atoms with Gasteiger partial charge in [0.05, 0.1) is 12.3 Å². The molecule has 0 saturated heterocycles. The van der Waals surface area contributed by atoms with Crippen molar-refractivity contribution in [2.75, 3.05) is 33.0 Å². The van der Waals surface area contributed by atoms with E-state index in [2.05, 4.69) is 18.7 Å². The van der Waals surface area contributed by atoms with Gasteiger partial charge in [0, 0.05) is 5.54 Å². The van der Waals surface area contributed by atoms with Gasteiger partial charge in [0.2, 0.25) is 0 Å². The Hall–Kier alpha value is -1.75. The van der Waals surface area contributed by atoms with Gasteiger partial charge in [-0.05, 0) is 47.0 Å². The topological polar surface area (TPSA) is 64.8 Å². The minimum Gasteiger partial charge on any atom is -0.489 e. The molecule has 0 aliphatic rings. The number of ether oxygens (including phenoxy) is 2. The Morgan fingerprint density at radius 3 is 2.55 bits per heavy atom. The molecule has 0 atom stereocenters. The maximum absolute atomic E-state index is 11.9. The Bertz CT molecular complexity index is 470. The molecule has 0 aliphatic heterocycles. The summed E-state index contributed by atoms with van der Waals surface area (Å²) in [6.45, 7) is 6.60. The Balaban J connectivity index is 2.97. The number of hydrogen-bond acceptors (Lipinski definition) is 5. The number of nitrogens with two attached hydrogens (primary N) is 1. The Labute approximate surface area is 120 Å². The summed E-state index contributed by atoms with van der Waals surface area (Å²) in [5.74, 6) is -0.0293. The molecule has 20 heavy (non-hydrogen) atoms. The van der Waals surface area contributed by atoms with E-state index in [9.17, 15) is 4.79 Å². The molecule has 112 valence electrons. The molecule has 0 amide bonds. The summed E-state index contributed by atoms with van der Waals surface area (Å²) in [6.07, 6.45) is 0. The van der Waals surface area contributed by atoms with Crippen LogP contribution in [0.3, 0.4) is 0 Å². The molecular weight excluding hydrogens is 256 g/mol. The maximum atomic E-state index is 11.9. The van der Waals surface area contributed by atoms with E-state index < -0.39 is 5.97 Å². The second-order valence-electron chi connectivity index (χ2n) is 5.44. The number of nitrogens with zero attached hydrogens (tertiary/aromatic N) is 1. The normalized spacial score (nSPS) is 11.5. The summed E-state index contributed by atoms with van der Waals surface area (Å²) in [6, 6.07) is 5.08. The average Bonchev–Trinajstić information content (AvgIpc) is 2.37. The van der Waals surface area contributed by atoms with Gasteiger partial charge in [-0.1, -0.05) is 6.07 Å². The van der Waals surface area contributed by atoms with Gasteiger partial charge in [0.25, 0.3) is 0 Å². The molecule has 0 aromatic heterocycles. The smallest absolute Gasteiger partial charge is 0.341 e. The van der Waals surface area contributed by atoms with E-state index >= 15 is 0 Å². The van der Waals surface area contributed by atoms with Crippen LogP contribution >= 0.6 is 0 Å². The van der Waals surface area contributed by atoms with Gasteiger partial charge < -0.3 is 20.1 Å². The molecule has 0 spiro atoms. The van der Waals surface area contributed by atoms with E-state index in [0.29, 0.717) is 30.2 Å². The van der Waals surface area contributed by atoms with E-state index in [1.54, 1.807) is 25.1 Å². The first-order valence-corrected chi connectivity index (χ1v) is 6.65. The molecule has 0 unspecified atom stereocenters. The first-order valence-electron chi connectivity index (χ1n) is 6.65. The lowest BCUT2D eigenvalue weighted by molar-refractivity contribution is 0.0516. The molecule has 5 nitrogen and oxygen atoms in total. The molecule has 0 bridgehead atoms. The zero-order valence-corrected chi connectivity index (χ0v) is 12.9. The molecule has 1 aromatic rings. The average molecular weight is 280 g/mol. The minimum absolute atomic E-state index is 0.172. The molecule has 5 heteroatoms. The molecule has 2 N–H and O–H groups in total. The molecule has 1 aromatic carbocycles. The van der Waals surface area contributed by atoms with Gasteiger partial charge in [-0.2, -0.15) is 0 Å².